The van der Waals surface area contributed by atoms with Gasteiger partial charge in [0.2, 0.25) is 0 Å². The van der Waals surface area contributed by atoms with Gasteiger partial charge in [0.1, 0.15) is 10.4 Å². The van der Waals surface area contributed by atoms with Gasteiger partial charge in [-0.1, -0.05) is 60.7 Å². The fourth-order valence-electron chi connectivity index (χ4n) is 3.02. The molecule has 25 heavy (non-hydrogen) atoms. The van der Waals surface area contributed by atoms with Gasteiger partial charge in [-0.05, 0) is 37.3 Å². The molecular formula is C19H21NO3S2. The lowest BCUT2D eigenvalue weighted by Crippen LogP contribution is -2.31. The zero-order valence-electron chi connectivity index (χ0n) is 14.0. The Morgan fingerprint density at radius 2 is 1.96 bits per heavy atom. The maximum absolute atomic E-state index is 12.5. The summed E-state index contributed by atoms with van der Waals surface area (Å²) in [7, 11) is 0. The number of thiocarbonyl (C=S) groups is 1. The van der Waals surface area contributed by atoms with Crippen LogP contribution < -0.4 is 0 Å². The summed E-state index contributed by atoms with van der Waals surface area (Å²) in [6.07, 6.45) is 7.43. The smallest absolute Gasteiger partial charge is 0.307 e. The molecule has 132 valence electrons. The third kappa shape index (κ3) is 4.92. The zero-order valence-corrected chi connectivity index (χ0v) is 15.6. The van der Waals surface area contributed by atoms with Crippen molar-refractivity contribution in [2.45, 2.75) is 44.6 Å². The van der Waals surface area contributed by atoms with Crippen molar-refractivity contribution in [3.8, 4) is 0 Å². The molecule has 1 aliphatic heterocycles. The topological polar surface area (TPSA) is 46.6 Å². The maximum atomic E-state index is 12.5. The molecule has 1 amide bonds. The standard InChI is InChI=1S/C19H21NO3S2/c21-17(23-15-9-5-2-6-10-15)11-12-20-18(22)16(25-19(20)24)13-14-7-3-1-4-8-14/h1,3-4,7-8,13,15H,2,5-6,9-12H2. The summed E-state index contributed by atoms with van der Waals surface area (Å²) < 4.78 is 6.00. The van der Waals surface area contributed by atoms with E-state index in [0.29, 0.717) is 9.23 Å². The van der Waals surface area contributed by atoms with Gasteiger partial charge < -0.3 is 4.74 Å². The summed E-state index contributed by atoms with van der Waals surface area (Å²) in [5.41, 5.74) is 0.958. The Morgan fingerprint density at radius 3 is 2.68 bits per heavy atom. The number of carbonyl (C=O) groups excluding carboxylic acids is 2. The molecule has 2 aliphatic rings. The number of carbonyl (C=O) groups is 2. The minimum atomic E-state index is -0.243. The molecule has 1 saturated heterocycles. The number of amides is 1. The van der Waals surface area contributed by atoms with Gasteiger partial charge in [-0.25, -0.2) is 0 Å². The van der Waals surface area contributed by atoms with Crippen molar-refractivity contribution in [2.24, 2.45) is 0 Å². The highest BCUT2D eigenvalue weighted by molar-refractivity contribution is 8.26. The fourth-order valence-corrected chi connectivity index (χ4v) is 4.33. The number of benzene rings is 1. The number of hydrogen-bond donors (Lipinski definition) is 0. The summed E-state index contributed by atoms with van der Waals surface area (Å²) in [6.45, 7) is 0.280. The second-order valence-electron chi connectivity index (χ2n) is 6.24. The minimum Gasteiger partial charge on any atom is -0.462 e. The molecule has 6 heteroatoms. The minimum absolute atomic E-state index is 0.0467. The summed E-state index contributed by atoms with van der Waals surface area (Å²) >= 11 is 6.58. The number of thioether (sulfide) groups is 1. The highest BCUT2D eigenvalue weighted by Crippen LogP contribution is 2.32. The Kier molecular flexibility index (Phi) is 6.26. The van der Waals surface area contributed by atoms with E-state index in [1.807, 2.05) is 36.4 Å². The molecular weight excluding hydrogens is 354 g/mol. The molecule has 0 unspecified atom stereocenters. The van der Waals surface area contributed by atoms with Crippen molar-refractivity contribution in [3.05, 3.63) is 40.8 Å². The van der Waals surface area contributed by atoms with Crippen molar-refractivity contribution in [1.82, 2.24) is 4.90 Å². The Labute approximate surface area is 157 Å². The van der Waals surface area contributed by atoms with E-state index in [0.717, 1.165) is 31.2 Å². The first-order valence-corrected chi connectivity index (χ1v) is 9.86. The van der Waals surface area contributed by atoms with Crippen LogP contribution in [0, 0.1) is 0 Å². The molecule has 0 spiro atoms. The summed E-state index contributed by atoms with van der Waals surface area (Å²) in [6, 6.07) is 9.66. The van der Waals surface area contributed by atoms with E-state index in [2.05, 4.69) is 0 Å². The average molecular weight is 376 g/mol. The molecule has 1 heterocycles. The Morgan fingerprint density at radius 1 is 1.24 bits per heavy atom. The van der Waals surface area contributed by atoms with Crippen LogP contribution in [0.15, 0.2) is 35.2 Å². The van der Waals surface area contributed by atoms with Crippen LogP contribution in [0.25, 0.3) is 6.08 Å². The first-order valence-electron chi connectivity index (χ1n) is 8.63. The quantitative estimate of drug-likeness (QED) is 0.439. The lowest BCUT2D eigenvalue weighted by Gasteiger charge is -2.22. The molecule has 4 nitrogen and oxygen atoms in total. The molecule has 0 bridgehead atoms. The van der Waals surface area contributed by atoms with Crippen molar-refractivity contribution >= 4 is 46.3 Å². The van der Waals surface area contributed by atoms with Crippen LogP contribution in [-0.2, 0) is 14.3 Å². The van der Waals surface area contributed by atoms with Gasteiger partial charge in [-0.3, -0.25) is 14.5 Å². The molecule has 3 rings (SSSR count). The molecule has 1 aromatic rings. The average Bonchev–Trinajstić information content (AvgIpc) is 2.88. The number of nitrogens with zero attached hydrogens (tertiary/aromatic N) is 1. The Balaban J connectivity index is 1.54. The zero-order chi connectivity index (χ0) is 17.6. The van der Waals surface area contributed by atoms with Crippen LogP contribution in [0.1, 0.15) is 44.1 Å². The number of hydrogen-bond acceptors (Lipinski definition) is 5. The van der Waals surface area contributed by atoms with Crippen LogP contribution >= 0.6 is 24.0 Å². The van der Waals surface area contributed by atoms with Gasteiger partial charge in [0.15, 0.2) is 0 Å². The molecule has 0 radical (unpaired) electrons. The van der Waals surface area contributed by atoms with Gasteiger partial charge in [-0.2, -0.15) is 0 Å². The summed E-state index contributed by atoms with van der Waals surface area (Å²) in [5, 5.41) is 0. The fraction of sp³-hybridized carbons (Fsp3) is 0.421. The van der Waals surface area contributed by atoms with Gasteiger partial charge in [0.25, 0.3) is 5.91 Å². The second kappa shape index (κ2) is 8.63. The first-order chi connectivity index (χ1) is 12.1. The van der Waals surface area contributed by atoms with Crippen LogP contribution in [-0.4, -0.2) is 33.7 Å². The second-order valence-corrected chi connectivity index (χ2v) is 7.92. The van der Waals surface area contributed by atoms with Crippen LogP contribution in [0.4, 0.5) is 0 Å². The van der Waals surface area contributed by atoms with E-state index >= 15 is 0 Å². The van der Waals surface area contributed by atoms with Crippen LogP contribution in [0.5, 0.6) is 0 Å². The van der Waals surface area contributed by atoms with E-state index < -0.39 is 0 Å². The monoisotopic (exact) mass is 375 g/mol. The summed E-state index contributed by atoms with van der Waals surface area (Å²) in [5.74, 6) is -0.377. The predicted octanol–water partition coefficient (Wildman–Crippen LogP) is 4.15. The van der Waals surface area contributed by atoms with E-state index in [1.165, 1.54) is 23.1 Å². The third-order valence-corrected chi connectivity index (χ3v) is 5.74. The van der Waals surface area contributed by atoms with Gasteiger partial charge in [0, 0.05) is 6.54 Å². The Hall–Kier alpha value is -1.66. The van der Waals surface area contributed by atoms with Crippen molar-refractivity contribution in [3.63, 3.8) is 0 Å². The predicted molar refractivity (Wildman–Crippen MR) is 104 cm³/mol. The Bertz CT molecular complexity index is 681. The van der Waals surface area contributed by atoms with Gasteiger partial charge in [0.05, 0.1) is 11.3 Å². The largest absolute Gasteiger partial charge is 0.462 e. The molecule has 1 aromatic carbocycles. The van der Waals surface area contributed by atoms with E-state index in [-0.39, 0.29) is 30.9 Å². The molecule has 1 saturated carbocycles. The number of esters is 1. The lowest BCUT2D eigenvalue weighted by atomic mass is 9.98. The number of ether oxygens (including phenoxy) is 1. The highest BCUT2D eigenvalue weighted by Gasteiger charge is 2.32. The van der Waals surface area contributed by atoms with E-state index in [1.54, 1.807) is 0 Å². The van der Waals surface area contributed by atoms with Gasteiger partial charge in [-0.15, -0.1) is 0 Å². The molecule has 0 N–H and O–H groups in total. The first kappa shape index (κ1) is 18.1. The lowest BCUT2D eigenvalue weighted by molar-refractivity contribution is -0.150. The summed E-state index contributed by atoms with van der Waals surface area (Å²) in [4.78, 5) is 26.6. The van der Waals surface area contributed by atoms with Gasteiger partial charge >= 0.3 is 5.97 Å². The molecule has 0 aromatic heterocycles. The van der Waals surface area contributed by atoms with Crippen LogP contribution in [0.2, 0.25) is 0 Å². The molecule has 1 aliphatic carbocycles. The highest BCUT2D eigenvalue weighted by atomic mass is 32.2. The SMILES string of the molecule is O=C(CCN1C(=O)C(=Cc2ccccc2)SC1=S)OC1CCCCC1. The van der Waals surface area contributed by atoms with Crippen LogP contribution in [0.3, 0.4) is 0 Å². The maximum Gasteiger partial charge on any atom is 0.307 e. The number of rotatable bonds is 5. The molecule has 2 fully saturated rings. The van der Waals surface area contributed by atoms with Crippen molar-refractivity contribution in [2.75, 3.05) is 6.54 Å². The van der Waals surface area contributed by atoms with Crippen molar-refractivity contribution in [1.29, 1.82) is 0 Å². The molecule has 0 atom stereocenters. The van der Waals surface area contributed by atoms with E-state index in [9.17, 15) is 9.59 Å². The van der Waals surface area contributed by atoms with E-state index in [4.69, 9.17) is 17.0 Å². The van der Waals surface area contributed by atoms with Crippen molar-refractivity contribution < 1.29 is 14.3 Å². The normalized spacial score (nSPS) is 20.3. The third-order valence-electron chi connectivity index (χ3n) is 4.36.